The Bertz CT molecular complexity index is 918. The monoisotopic (exact) mass is 434 g/mol. The number of thioether (sulfide) groups is 1. The van der Waals surface area contributed by atoms with Crippen molar-refractivity contribution in [1.82, 2.24) is 30.0 Å². The van der Waals surface area contributed by atoms with E-state index >= 15 is 0 Å². The van der Waals surface area contributed by atoms with Gasteiger partial charge >= 0.3 is 0 Å². The van der Waals surface area contributed by atoms with Crippen molar-refractivity contribution < 1.29 is 9.21 Å². The molecule has 0 saturated carbocycles. The topological polar surface area (TPSA) is 89.1 Å². The van der Waals surface area contributed by atoms with Gasteiger partial charge in [0.1, 0.15) is 5.76 Å². The first-order valence-electron chi connectivity index (χ1n) is 9.20. The molecule has 1 N–H and O–H groups in total. The van der Waals surface area contributed by atoms with Crippen LogP contribution in [0, 0.1) is 0 Å². The fourth-order valence-electron chi connectivity index (χ4n) is 3.19. The molecule has 0 aliphatic carbocycles. The zero-order chi connectivity index (χ0) is 19.3. The van der Waals surface area contributed by atoms with Crippen LogP contribution in [0.2, 0.25) is 0 Å². The van der Waals surface area contributed by atoms with Crippen LogP contribution in [-0.4, -0.2) is 62.0 Å². The maximum absolute atomic E-state index is 12.6. The average Bonchev–Trinajstić information content (AvgIpc) is 3.37. The molecule has 3 aromatic heterocycles. The third-order valence-corrected chi connectivity index (χ3v) is 5.55. The number of pyridine rings is 1. The molecule has 8 nitrogen and oxygen atoms in total. The van der Waals surface area contributed by atoms with Crippen molar-refractivity contribution in [2.75, 3.05) is 25.4 Å². The number of amides is 1. The van der Waals surface area contributed by atoms with Crippen molar-refractivity contribution in [3.8, 4) is 11.4 Å². The summed E-state index contributed by atoms with van der Waals surface area (Å²) in [6.45, 7) is 4.90. The van der Waals surface area contributed by atoms with E-state index in [1.807, 2.05) is 33.7 Å². The molecule has 0 unspecified atom stereocenters. The predicted octanol–water partition coefficient (Wildman–Crippen LogP) is 2.32. The highest BCUT2D eigenvalue weighted by molar-refractivity contribution is 7.99. The van der Waals surface area contributed by atoms with Gasteiger partial charge < -0.3 is 14.6 Å². The first-order valence-corrected chi connectivity index (χ1v) is 10.2. The van der Waals surface area contributed by atoms with E-state index in [4.69, 9.17) is 4.42 Å². The second kappa shape index (κ2) is 9.91. The Hall–Kier alpha value is -2.36. The summed E-state index contributed by atoms with van der Waals surface area (Å²) in [6.07, 6.45) is 5.10. The van der Waals surface area contributed by atoms with E-state index in [1.165, 1.54) is 11.8 Å². The number of halogens is 1. The van der Waals surface area contributed by atoms with E-state index in [2.05, 4.69) is 27.4 Å². The molecule has 1 aliphatic heterocycles. The highest BCUT2D eigenvalue weighted by Gasteiger charge is 2.22. The number of carbonyl (C=O) groups excluding carboxylic acids is 1. The van der Waals surface area contributed by atoms with Crippen molar-refractivity contribution in [2.24, 2.45) is 0 Å². The second-order valence-electron chi connectivity index (χ2n) is 6.69. The fraction of sp³-hybridized carbons (Fsp3) is 0.368. The van der Waals surface area contributed by atoms with E-state index in [9.17, 15) is 4.79 Å². The van der Waals surface area contributed by atoms with Gasteiger partial charge in [-0.05, 0) is 31.2 Å². The summed E-state index contributed by atoms with van der Waals surface area (Å²) < 4.78 is 7.48. The Labute approximate surface area is 179 Å². The molecule has 1 atom stereocenters. The average molecular weight is 435 g/mol. The zero-order valence-corrected chi connectivity index (χ0v) is 17.7. The summed E-state index contributed by atoms with van der Waals surface area (Å²) in [5.41, 5.74) is 0.920. The van der Waals surface area contributed by atoms with Gasteiger partial charge in [0, 0.05) is 43.6 Å². The molecule has 1 fully saturated rings. The summed E-state index contributed by atoms with van der Waals surface area (Å²) in [7, 11) is 0. The van der Waals surface area contributed by atoms with Crippen LogP contribution in [0.3, 0.4) is 0 Å². The van der Waals surface area contributed by atoms with Crippen LogP contribution in [-0.2, 0) is 11.3 Å². The molecule has 1 saturated heterocycles. The summed E-state index contributed by atoms with van der Waals surface area (Å²) in [5.74, 6) is 1.99. The van der Waals surface area contributed by atoms with Gasteiger partial charge in [0.15, 0.2) is 11.0 Å². The molecule has 0 radical (unpaired) electrons. The highest BCUT2D eigenvalue weighted by atomic mass is 35.5. The molecule has 0 bridgehead atoms. The van der Waals surface area contributed by atoms with Gasteiger partial charge in [-0.15, -0.1) is 22.6 Å². The van der Waals surface area contributed by atoms with Gasteiger partial charge in [0.25, 0.3) is 0 Å². The Kier molecular flexibility index (Phi) is 7.29. The van der Waals surface area contributed by atoms with Crippen molar-refractivity contribution in [2.45, 2.75) is 24.7 Å². The number of furan rings is 1. The number of aromatic nitrogens is 4. The molecule has 4 heterocycles. The van der Waals surface area contributed by atoms with E-state index in [0.717, 1.165) is 36.8 Å². The summed E-state index contributed by atoms with van der Waals surface area (Å²) >= 11 is 1.41. The molecule has 10 heteroatoms. The van der Waals surface area contributed by atoms with Gasteiger partial charge in [-0.1, -0.05) is 11.8 Å². The molecule has 29 heavy (non-hydrogen) atoms. The third-order valence-electron chi connectivity index (χ3n) is 4.60. The number of hydrogen-bond donors (Lipinski definition) is 1. The van der Waals surface area contributed by atoms with Crippen LogP contribution in [0.25, 0.3) is 11.4 Å². The number of hydrogen-bond acceptors (Lipinski definition) is 7. The Morgan fingerprint density at radius 2 is 2.14 bits per heavy atom. The molecule has 154 valence electrons. The summed E-state index contributed by atoms with van der Waals surface area (Å²) in [4.78, 5) is 18.6. The zero-order valence-electron chi connectivity index (χ0n) is 16.0. The van der Waals surface area contributed by atoms with Crippen LogP contribution >= 0.6 is 24.2 Å². The lowest BCUT2D eigenvalue weighted by Gasteiger charge is -2.31. The van der Waals surface area contributed by atoms with Crippen LogP contribution in [0.1, 0.15) is 12.7 Å². The van der Waals surface area contributed by atoms with Crippen molar-refractivity contribution in [1.29, 1.82) is 0 Å². The lowest BCUT2D eigenvalue weighted by atomic mass is 10.2. The first kappa shape index (κ1) is 21.4. The van der Waals surface area contributed by atoms with E-state index in [1.54, 1.807) is 18.7 Å². The minimum Gasteiger partial charge on any atom is -0.467 e. The Morgan fingerprint density at radius 1 is 1.31 bits per heavy atom. The smallest absolute Gasteiger partial charge is 0.233 e. The molecule has 1 amide bonds. The molecule has 4 rings (SSSR count). The maximum Gasteiger partial charge on any atom is 0.233 e. The third kappa shape index (κ3) is 5.17. The van der Waals surface area contributed by atoms with Crippen molar-refractivity contribution in [3.63, 3.8) is 0 Å². The first-order chi connectivity index (χ1) is 13.7. The normalized spacial score (nSPS) is 16.4. The van der Waals surface area contributed by atoms with Crippen molar-refractivity contribution >= 4 is 30.1 Å². The SMILES string of the molecule is C[C@@H]1CN(C(=O)CSc2nnc(-c3ccncc3)n2Cc2ccco2)CCN1.Cl. The fourth-order valence-corrected chi connectivity index (χ4v) is 4.03. The highest BCUT2D eigenvalue weighted by Crippen LogP contribution is 2.25. The van der Waals surface area contributed by atoms with Crippen LogP contribution < -0.4 is 5.32 Å². The number of carbonyl (C=O) groups is 1. The summed E-state index contributed by atoms with van der Waals surface area (Å²) in [5, 5.41) is 12.7. The van der Waals surface area contributed by atoms with Crippen LogP contribution in [0.15, 0.2) is 52.5 Å². The largest absolute Gasteiger partial charge is 0.467 e. The van der Waals surface area contributed by atoms with Gasteiger partial charge in [-0.2, -0.15) is 0 Å². The van der Waals surface area contributed by atoms with Crippen molar-refractivity contribution in [3.05, 3.63) is 48.7 Å². The molecule has 1 aliphatic rings. The van der Waals surface area contributed by atoms with Gasteiger partial charge in [0.2, 0.25) is 5.91 Å². The minimum atomic E-state index is 0. The van der Waals surface area contributed by atoms with E-state index in [-0.39, 0.29) is 18.3 Å². The van der Waals surface area contributed by atoms with Gasteiger partial charge in [0.05, 0.1) is 18.6 Å². The lowest BCUT2D eigenvalue weighted by Crippen LogP contribution is -2.51. The Balaban J connectivity index is 0.00000240. The predicted molar refractivity (Wildman–Crippen MR) is 113 cm³/mol. The number of piperazine rings is 1. The lowest BCUT2D eigenvalue weighted by molar-refractivity contribution is -0.129. The molecule has 0 spiro atoms. The molecule has 3 aromatic rings. The maximum atomic E-state index is 12.6. The number of nitrogens with one attached hydrogen (secondary N) is 1. The number of nitrogens with zero attached hydrogens (tertiary/aromatic N) is 5. The Morgan fingerprint density at radius 3 is 2.86 bits per heavy atom. The van der Waals surface area contributed by atoms with Crippen LogP contribution in [0.4, 0.5) is 0 Å². The van der Waals surface area contributed by atoms with Gasteiger partial charge in [-0.3, -0.25) is 14.3 Å². The number of rotatable bonds is 6. The van der Waals surface area contributed by atoms with Crippen LogP contribution in [0.5, 0.6) is 0 Å². The molecular weight excluding hydrogens is 412 g/mol. The van der Waals surface area contributed by atoms with E-state index in [0.29, 0.717) is 23.5 Å². The van der Waals surface area contributed by atoms with Gasteiger partial charge in [-0.25, -0.2) is 0 Å². The van der Waals surface area contributed by atoms with E-state index < -0.39 is 0 Å². The quantitative estimate of drug-likeness (QED) is 0.595. The summed E-state index contributed by atoms with van der Waals surface area (Å²) in [6, 6.07) is 7.88. The minimum absolute atomic E-state index is 0. The standard InChI is InChI=1S/C19H22N6O2S.ClH/c1-14-11-24(9-8-21-14)17(26)13-28-19-23-22-18(15-4-6-20-7-5-15)25(19)12-16-3-2-10-27-16;/h2-7,10,14,21H,8-9,11-13H2,1H3;1H/t14-;/m1./s1. The molecular formula is C19H23ClN6O2S. The second-order valence-corrected chi connectivity index (χ2v) is 7.63. The molecule has 0 aromatic carbocycles.